The fourth-order valence-corrected chi connectivity index (χ4v) is 3.89. The minimum atomic E-state index is -2.54. The SMILES string of the molecule is C/C=C(/C)C(=O)O[C@@H]1CC[N+]2([O-])CC=C(COC(=O)[C@](O)([C@H](C)O)C(C)(C)O)[C@H]12. The summed E-state index contributed by atoms with van der Waals surface area (Å²) in [5.41, 5.74) is -3.58. The zero-order valence-corrected chi connectivity index (χ0v) is 17.5. The second kappa shape index (κ2) is 8.16. The molecule has 164 valence electrons. The number of hydroxylamine groups is 3. The molecule has 0 aliphatic carbocycles. The first-order valence-electron chi connectivity index (χ1n) is 9.68. The highest BCUT2D eigenvalue weighted by Gasteiger charge is 2.55. The van der Waals surface area contributed by atoms with Gasteiger partial charge in [0.2, 0.25) is 5.60 Å². The number of aliphatic hydroxyl groups excluding tert-OH is 1. The molecular weight excluding hydrogens is 382 g/mol. The van der Waals surface area contributed by atoms with Gasteiger partial charge in [0, 0.05) is 17.6 Å². The minimum Gasteiger partial charge on any atom is -0.632 e. The van der Waals surface area contributed by atoms with E-state index in [4.69, 9.17) is 9.47 Å². The molecule has 0 aromatic rings. The van der Waals surface area contributed by atoms with Gasteiger partial charge in [-0.3, -0.25) is 0 Å². The number of ether oxygens (including phenoxy) is 2. The number of nitrogens with zero attached hydrogens (tertiary/aromatic N) is 1. The Kier molecular flexibility index (Phi) is 6.61. The van der Waals surface area contributed by atoms with Crippen molar-refractivity contribution in [3.8, 4) is 0 Å². The average molecular weight is 413 g/mol. The number of carbonyl (C=O) groups excluding carboxylic acids is 2. The lowest BCUT2D eigenvalue weighted by molar-refractivity contribution is -0.877. The van der Waals surface area contributed by atoms with Gasteiger partial charge in [-0.2, -0.15) is 0 Å². The molecule has 0 saturated carbocycles. The monoisotopic (exact) mass is 413 g/mol. The predicted molar refractivity (Wildman–Crippen MR) is 103 cm³/mol. The third-order valence-electron chi connectivity index (χ3n) is 5.93. The van der Waals surface area contributed by atoms with Crippen LogP contribution >= 0.6 is 0 Å². The number of hydrogen-bond donors (Lipinski definition) is 3. The van der Waals surface area contributed by atoms with Gasteiger partial charge >= 0.3 is 11.9 Å². The van der Waals surface area contributed by atoms with Crippen molar-refractivity contribution in [2.45, 2.75) is 70.5 Å². The van der Waals surface area contributed by atoms with Crippen LogP contribution in [0.25, 0.3) is 0 Å². The van der Waals surface area contributed by atoms with Crippen LogP contribution in [0.1, 0.15) is 41.0 Å². The molecule has 9 heteroatoms. The normalized spacial score (nSPS) is 30.2. The molecule has 29 heavy (non-hydrogen) atoms. The van der Waals surface area contributed by atoms with Gasteiger partial charge in [-0.25, -0.2) is 9.59 Å². The molecule has 1 fully saturated rings. The molecule has 1 saturated heterocycles. The summed E-state index contributed by atoms with van der Waals surface area (Å²) in [7, 11) is 0. The lowest BCUT2D eigenvalue weighted by Crippen LogP contribution is -2.63. The van der Waals surface area contributed by atoms with Crippen molar-refractivity contribution >= 4 is 11.9 Å². The smallest absolute Gasteiger partial charge is 0.344 e. The Balaban J connectivity index is 2.13. The van der Waals surface area contributed by atoms with Crippen LogP contribution in [0.15, 0.2) is 23.3 Å². The maximum absolute atomic E-state index is 13.0. The van der Waals surface area contributed by atoms with Crippen LogP contribution < -0.4 is 0 Å². The first-order chi connectivity index (χ1) is 13.3. The van der Waals surface area contributed by atoms with Gasteiger partial charge in [0.05, 0.1) is 19.2 Å². The van der Waals surface area contributed by atoms with Crippen molar-refractivity contribution in [2.75, 3.05) is 19.7 Å². The molecule has 0 radical (unpaired) electrons. The van der Waals surface area contributed by atoms with Crippen molar-refractivity contribution in [3.63, 3.8) is 0 Å². The lowest BCUT2D eigenvalue weighted by Gasteiger charge is -2.41. The highest BCUT2D eigenvalue weighted by atomic mass is 16.6. The molecule has 2 aliphatic heterocycles. The first-order valence-corrected chi connectivity index (χ1v) is 9.68. The van der Waals surface area contributed by atoms with Gasteiger partial charge < -0.3 is 34.6 Å². The van der Waals surface area contributed by atoms with Gasteiger partial charge in [-0.1, -0.05) is 6.08 Å². The maximum Gasteiger partial charge on any atom is 0.344 e. The summed E-state index contributed by atoms with van der Waals surface area (Å²) in [4.78, 5) is 24.6. The van der Waals surface area contributed by atoms with E-state index >= 15 is 0 Å². The highest BCUT2D eigenvalue weighted by Crippen LogP contribution is 2.38. The average Bonchev–Trinajstić information content (AvgIpc) is 3.12. The van der Waals surface area contributed by atoms with Crippen LogP contribution in [0.2, 0.25) is 0 Å². The van der Waals surface area contributed by atoms with Crippen LogP contribution in [0.4, 0.5) is 0 Å². The topological polar surface area (TPSA) is 136 Å². The Hall–Kier alpha value is -1.78. The van der Waals surface area contributed by atoms with Crippen molar-refractivity contribution in [3.05, 3.63) is 28.5 Å². The minimum absolute atomic E-state index is 0.167. The lowest BCUT2D eigenvalue weighted by atomic mass is 9.81. The zero-order chi connectivity index (χ0) is 22.2. The van der Waals surface area contributed by atoms with E-state index in [1.807, 2.05) is 0 Å². The molecule has 3 N–H and O–H groups in total. The van der Waals surface area contributed by atoms with Gasteiger partial charge in [0.25, 0.3) is 0 Å². The third-order valence-corrected chi connectivity index (χ3v) is 5.93. The van der Waals surface area contributed by atoms with Gasteiger partial charge in [0.15, 0.2) is 12.1 Å². The van der Waals surface area contributed by atoms with E-state index in [0.717, 1.165) is 0 Å². The van der Waals surface area contributed by atoms with Crippen LogP contribution in [0.5, 0.6) is 0 Å². The number of quaternary nitrogens is 1. The van der Waals surface area contributed by atoms with Crippen molar-refractivity contribution in [1.29, 1.82) is 0 Å². The number of hydrogen-bond acceptors (Lipinski definition) is 8. The Morgan fingerprint density at radius 3 is 2.55 bits per heavy atom. The summed E-state index contributed by atoms with van der Waals surface area (Å²) >= 11 is 0. The standard InChI is InChI=1S/C20H31NO8/c1-6-12(2)17(23)29-15-8-10-21(27)9-7-14(16(15)21)11-28-18(24)20(26,13(3)22)19(4,5)25/h6-7,13,15-16,22,25-26H,8-11H2,1-5H3/b12-6-/t13-,15+,16+,20+,21?/m0/s1. The molecule has 2 aliphatic rings. The van der Waals surface area contributed by atoms with Crippen molar-refractivity contribution in [2.24, 2.45) is 0 Å². The number of esters is 2. The van der Waals surface area contributed by atoms with Crippen LogP contribution in [-0.4, -0.2) is 81.1 Å². The molecule has 0 aromatic heterocycles. The number of rotatable bonds is 7. The molecule has 2 heterocycles. The van der Waals surface area contributed by atoms with E-state index in [0.29, 0.717) is 17.6 Å². The molecular formula is C20H31NO8. The van der Waals surface area contributed by atoms with E-state index in [1.54, 1.807) is 26.0 Å². The molecule has 0 amide bonds. The molecule has 5 atom stereocenters. The zero-order valence-electron chi connectivity index (χ0n) is 17.5. The van der Waals surface area contributed by atoms with Gasteiger partial charge in [-0.05, 0) is 40.7 Å². The second-order valence-electron chi connectivity index (χ2n) is 8.36. The van der Waals surface area contributed by atoms with Crippen LogP contribution in [0, 0.1) is 5.21 Å². The number of aliphatic hydroxyl groups is 3. The van der Waals surface area contributed by atoms with Crippen molar-refractivity contribution < 1.29 is 39.0 Å². The van der Waals surface area contributed by atoms with Gasteiger partial charge in [-0.15, -0.1) is 0 Å². The summed E-state index contributed by atoms with van der Waals surface area (Å²) in [6.45, 7) is 7.00. The Morgan fingerprint density at radius 1 is 1.41 bits per heavy atom. The highest BCUT2D eigenvalue weighted by molar-refractivity contribution is 5.87. The van der Waals surface area contributed by atoms with Crippen LogP contribution in [0.3, 0.4) is 0 Å². The summed E-state index contributed by atoms with van der Waals surface area (Å²) in [5.74, 6) is -1.70. The number of carbonyl (C=O) groups is 2. The summed E-state index contributed by atoms with van der Waals surface area (Å²) in [6, 6.07) is -0.696. The van der Waals surface area contributed by atoms with Crippen LogP contribution in [-0.2, 0) is 19.1 Å². The second-order valence-corrected chi connectivity index (χ2v) is 8.36. The molecule has 9 nitrogen and oxygen atoms in total. The van der Waals surface area contributed by atoms with Gasteiger partial charge in [0.1, 0.15) is 12.2 Å². The maximum atomic E-state index is 13.0. The molecule has 1 unspecified atom stereocenters. The largest absolute Gasteiger partial charge is 0.632 e. The molecule has 2 rings (SSSR count). The Morgan fingerprint density at radius 2 is 2.03 bits per heavy atom. The summed E-state index contributed by atoms with van der Waals surface area (Å²) in [5, 5.41) is 43.5. The van der Waals surface area contributed by atoms with E-state index in [-0.39, 0.29) is 19.7 Å². The Labute approximate surface area is 170 Å². The predicted octanol–water partition coefficient (Wildman–Crippen LogP) is 0.317. The Bertz CT molecular complexity index is 722. The molecule has 0 bridgehead atoms. The summed E-state index contributed by atoms with van der Waals surface area (Å²) < 4.78 is 10.1. The third kappa shape index (κ3) is 4.24. The first kappa shape index (κ1) is 23.5. The molecule has 0 aromatic carbocycles. The van der Waals surface area contributed by atoms with E-state index in [9.17, 15) is 30.1 Å². The van der Waals surface area contributed by atoms with E-state index in [1.165, 1.54) is 20.8 Å². The number of fused-ring (bicyclic) bond motifs is 1. The summed E-state index contributed by atoms with van der Waals surface area (Å²) in [6.07, 6.45) is 1.43. The molecule has 0 spiro atoms. The number of allylic oxidation sites excluding steroid dienone is 1. The fraction of sp³-hybridized carbons (Fsp3) is 0.700. The van der Waals surface area contributed by atoms with E-state index < -0.39 is 46.0 Å². The van der Waals surface area contributed by atoms with E-state index in [2.05, 4.69) is 0 Å². The quantitative estimate of drug-likeness (QED) is 0.178. The fourth-order valence-electron chi connectivity index (χ4n) is 3.89. The van der Waals surface area contributed by atoms with Crippen molar-refractivity contribution in [1.82, 2.24) is 0 Å².